The average molecular weight is 311 g/mol. The normalized spacial score (nSPS) is 30.2. The van der Waals surface area contributed by atoms with Gasteiger partial charge in [0.25, 0.3) is 0 Å². The fourth-order valence-electron chi connectivity index (χ4n) is 3.65. The summed E-state index contributed by atoms with van der Waals surface area (Å²) in [6, 6.07) is -0.0575. The highest BCUT2D eigenvalue weighted by Crippen LogP contribution is 2.47. The summed E-state index contributed by atoms with van der Waals surface area (Å²) >= 11 is 0. The molecule has 0 aromatic carbocycles. The molecule has 0 spiro atoms. The lowest BCUT2D eigenvalue weighted by atomic mass is 9.78. The van der Waals surface area contributed by atoms with Gasteiger partial charge in [-0.2, -0.15) is 0 Å². The van der Waals surface area contributed by atoms with E-state index in [1.165, 1.54) is 0 Å². The Labute approximate surface area is 130 Å². The van der Waals surface area contributed by atoms with E-state index in [0.717, 1.165) is 19.3 Å². The van der Waals surface area contributed by atoms with Gasteiger partial charge < -0.3 is 14.3 Å². The highest BCUT2D eigenvalue weighted by Gasteiger charge is 2.57. The molecule has 2 aliphatic heterocycles. The summed E-state index contributed by atoms with van der Waals surface area (Å²) in [5.41, 5.74) is -0.154. The van der Waals surface area contributed by atoms with Gasteiger partial charge in [0.15, 0.2) is 14.1 Å². The van der Waals surface area contributed by atoms with Crippen molar-refractivity contribution in [2.75, 3.05) is 6.61 Å². The summed E-state index contributed by atoms with van der Waals surface area (Å²) in [5.74, 6) is 0.300. The third-order valence-electron chi connectivity index (χ3n) is 5.88. The Bertz CT molecular complexity index is 422. The lowest BCUT2D eigenvalue weighted by Gasteiger charge is -2.39. The van der Waals surface area contributed by atoms with E-state index >= 15 is 0 Å². The molecule has 2 unspecified atom stereocenters. The van der Waals surface area contributed by atoms with E-state index < -0.39 is 15.4 Å². The van der Waals surface area contributed by atoms with Crippen molar-refractivity contribution in [1.29, 1.82) is 0 Å². The fourth-order valence-corrected chi connectivity index (χ4v) is 4.70. The molecular weight excluding hydrogens is 281 g/mol. The van der Waals surface area contributed by atoms with E-state index in [1.54, 1.807) is 6.82 Å². The van der Waals surface area contributed by atoms with Crippen LogP contribution in [0.2, 0.25) is 25.0 Å². The van der Waals surface area contributed by atoms with Crippen LogP contribution in [0.3, 0.4) is 0 Å². The minimum atomic E-state index is -1.74. The van der Waals surface area contributed by atoms with Crippen LogP contribution in [0, 0.1) is 0 Å². The highest BCUT2D eigenvalue weighted by atomic mass is 28.4. The minimum Gasteiger partial charge on any atom is -0.437 e. The van der Waals surface area contributed by atoms with Crippen molar-refractivity contribution in [3.05, 3.63) is 0 Å². The molecule has 2 heterocycles. The van der Waals surface area contributed by atoms with Gasteiger partial charge in [0, 0.05) is 18.6 Å². The summed E-state index contributed by atoms with van der Waals surface area (Å²) < 4.78 is 6.28. The largest absolute Gasteiger partial charge is 0.437 e. The molecule has 21 heavy (non-hydrogen) atoms. The number of fused-ring (bicyclic) bond motifs is 2. The van der Waals surface area contributed by atoms with Crippen LogP contribution in [-0.2, 0) is 9.22 Å². The Morgan fingerprint density at radius 2 is 2.10 bits per heavy atom. The maximum absolute atomic E-state index is 12.1. The number of rotatable bonds is 5. The number of ketones is 1. The SMILES string of the molecule is CB(O)N1C2CCC1(CCO[Si](C)(C)C(C)(C)C)CC2=O. The summed E-state index contributed by atoms with van der Waals surface area (Å²) in [6.07, 6.45) is 3.34. The van der Waals surface area contributed by atoms with Gasteiger partial charge in [0.1, 0.15) is 0 Å². The van der Waals surface area contributed by atoms with Crippen molar-refractivity contribution in [1.82, 2.24) is 4.81 Å². The molecule has 4 nitrogen and oxygen atoms in total. The third-order valence-corrected chi connectivity index (χ3v) is 10.4. The molecule has 0 saturated carbocycles. The maximum Gasteiger partial charge on any atom is 0.377 e. The minimum absolute atomic E-state index is 0.0575. The summed E-state index contributed by atoms with van der Waals surface area (Å²) in [6.45, 7) is 13.7. The molecule has 6 heteroatoms. The molecule has 2 atom stereocenters. The quantitative estimate of drug-likeness (QED) is 0.793. The molecule has 2 rings (SSSR count). The molecule has 0 radical (unpaired) electrons. The number of nitrogens with zero attached hydrogens (tertiary/aromatic N) is 1. The lowest BCUT2D eigenvalue weighted by molar-refractivity contribution is -0.120. The zero-order valence-electron chi connectivity index (χ0n) is 14.4. The first-order valence-corrected chi connectivity index (χ1v) is 11.0. The van der Waals surface area contributed by atoms with Gasteiger partial charge in [-0.15, -0.1) is 0 Å². The molecule has 0 aromatic heterocycles. The van der Waals surface area contributed by atoms with E-state index in [1.807, 2.05) is 4.81 Å². The van der Waals surface area contributed by atoms with Gasteiger partial charge in [0.05, 0.1) is 6.04 Å². The summed E-state index contributed by atoms with van der Waals surface area (Å²) in [5, 5.41) is 10.3. The Morgan fingerprint density at radius 3 is 2.57 bits per heavy atom. The van der Waals surface area contributed by atoms with Crippen LogP contribution in [0.5, 0.6) is 0 Å². The smallest absolute Gasteiger partial charge is 0.377 e. The van der Waals surface area contributed by atoms with E-state index in [0.29, 0.717) is 18.8 Å². The van der Waals surface area contributed by atoms with Crippen molar-refractivity contribution in [2.24, 2.45) is 0 Å². The van der Waals surface area contributed by atoms with Crippen LogP contribution in [0.25, 0.3) is 0 Å². The van der Waals surface area contributed by atoms with Crippen molar-refractivity contribution in [3.63, 3.8) is 0 Å². The molecule has 2 bridgehead atoms. The number of Topliss-reactive ketones (excluding diaryl/α,β-unsaturated/α-hetero) is 1. The summed E-state index contributed by atoms with van der Waals surface area (Å²) in [4.78, 5) is 14.1. The Balaban J connectivity index is 2.01. The van der Waals surface area contributed by atoms with E-state index in [4.69, 9.17) is 4.43 Å². The van der Waals surface area contributed by atoms with Crippen LogP contribution >= 0.6 is 0 Å². The van der Waals surface area contributed by atoms with Crippen LogP contribution < -0.4 is 0 Å². The fraction of sp³-hybridized carbons (Fsp3) is 0.933. The predicted octanol–water partition coefficient (Wildman–Crippen LogP) is 2.68. The first-order chi connectivity index (χ1) is 9.50. The van der Waals surface area contributed by atoms with Gasteiger partial charge in [-0.25, -0.2) is 0 Å². The average Bonchev–Trinajstić information content (AvgIpc) is 2.78. The predicted molar refractivity (Wildman–Crippen MR) is 88.8 cm³/mol. The van der Waals surface area contributed by atoms with Gasteiger partial charge in [-0.05, 0) is 44.2 Å². The van der Waals surface area contributed by atoms with Crippen LogP contribution in [-0.4, -0.2) is 49.2 Å². The molecule has 0 aromatic rings. The number of carbonyl (C=O) groups is 1. The van der Waals surface area contributed by atoms with E-state index in [2.05, 4.69) is 33.9 Å². The Hall–Kier alpha value is -0.168. The monoisotopic (exact) mass is 311 g/mol. The second-order valence-corrected chi connectivity index (χ2v) is 13.1. The van der Waals surface area contributed by atoms with Crippen molar-refractivity contribution >= 4 is 21.2 Å². The highest BCUT2D eigenvalue weighted by molar-refractivity contribution is 6.74. The summed E-state index contributed by atoms with van der Waals surface area (Å²) in [7, 11) is -2.29. The van der Waals surface area contributed by atoms with E-state index in [-0.39, 0.29) is 16.6 Å². The van der Waals surface area contributed by atoms with Gasteiger partial charge in [0.2, 0.25) is 0 Å². The second kappa shape index (κ2) is 5.48. The first-order valence-electron chi connectivity index (χ1n) is 8.13. The van der Waals surface area contributed by atoms with Crippen molar-refractivity contribution < 1.29 is 14.2 Å². The Kier molecular flexibility index (Phi) is 4.48. The molecule has 2 aliphatic rings. The zero-order chi connectivity index (χ0) is 16.1. The Morgan fingerprint density at radius 1 is 1.48 bits per heavy atom. The van der Waals surface area contributed by atoms with Crippen molar-refractivity contribution in [3.8, 4) is 0 Å². The van der Waals surface area contributed by atoms with Crippen LogP contribution in [0.15, 0.2) is 0 Å². The molecular formula is C15H30BNO3Si. The number of hydrogen-bond acceptors (Lipinski definition) is 4. The molecule has 2 fully saturated rings. The molecule has 2 saturated heterocycles. The molecule has 0 aliphatic carbocycles. The zero-order valence-corrected chi connectivity index (χ0v) is 15.4. The topological polar surface area (TPSA) is 49.8 Å². The molecule has 120 valence electrons. The van der Waals surface area contributed by atoms with Gasteiger partial charge in [-0.1, -0.05) is 20.8 Å². The van der Waals surface area contributed by atoms with Crippen LogP contribution in [0.1, 0.15) is 46.5 Å². The maximum atomic E-state index is 12.1. The number of carbonyl (C=O) groups excluding carboxylic acids is 1. The van der Waals surface area contributed by atoms with Gasteiger partial charge >= 0.3 is 7.05 Å². The standard InChI is InChI=1S/C15H30BNO3Si/c1-14(2,3)21(5,6)20-10-9-15-8-7-12(13(18)11-15)17(15)16(4)19/h12,19H,7-11H2,1-6H3. The molecule has 1 N–H and O–H groups in total. The van der Waals surface area contributed by atoms with E-state index in [9.17, 15) is 9.82 Å². The number of hydrogen-bond donors (Lipinski definition) is 1. The second-order valence-electron chi connectivity index (χ2n) is 8.32. The van der Waals surface area contributed by atoms with Gasteiger partial charge in [-0.3, -0.25) is 4.79 Å². The molecule has 0 amide bonds. The van der Waals surface area contributed by atoms with Crippen molar-refractivity contribution in [2.45, 2.75) is 83.0 Å². The first kappa shape index (κ1) is 17.2. The van der Waals surface area contributed by atoms with Crippen LogP contribution in [0.4, 0.5) is 0 Å². The lowest BCUT2D eigenvalue weighted by Crippen LogP contribution is -2.50. The third kappa shape index (κ3) is 3.00.